The summed E-state index contributed by atoms with van der Waals surface area (Å²) in [5.41, 5.74) is 0.785. The van der Waals surface area contributed by atoms with Gasteiger partial charge in [0.1, 0.15) is 5.82 Å². The fourth-order valence-electron chi connectivity index (χ4n) is 4.10. The lowest BCUT2D eigenvalue weighted by Gasteiger charge is -2.21. The molecule has 26 heavy (non-hydrogen) atoms. The Labute approximate surface area is 173 Å². The predicted octanol–water partition coefficient (Wildman–Crippen LogP) is 3.12. The molecule has 1 aromatic rings. The molecule has 3 fully saturated rings. The Morgan fingerprint density at radius 3 is 2.65 bits per heavy atom. The Balaban J connectivity index is 0.00000196. The first-order valence-corrected chi connectivity index (χ1v) is 9.64. The maximum Gasteiger partial charge on any atom is 0.191 e. The van der Waals surface area contributed by atoms with E-state index in [-0.39, 0.29) is 35.2 Å². The van der Waals surface area contributed by atoms with Crippen LogP contribution < -0.4 is 10.6 Å². The van der Waals surface area contributed by atoms with E-state index in [2.05, 4.69) is 20.5 Å². The summed E-state index contributed by atoms with van der Waals surface area (Å²) in [4.78, 5) is 6.99. The minimum atomic E-state index is -0.0872. The Hall–Kier alpha value is -0.890. The fourth-order valence-corrected chi connectivity index (χ4v) is 4.10. The summed E-state index contributed by atoms with van der Waals surface area (Å²) in [5, 5.41) is 6.90. The van der Waals surface area contributed by atoms with E-state index in [1.807, 2.05) is 19.2 Å². The number of nitrogens with one attached hydrogen (secondary N) is 2. The maximum absolute atomic E-state index is 14.1. The van der Waals surface area contributed by atoms with Gasteiger partial charge in [-0.2, -0.15) is 0 Å². The Morgan fingerprint density at radius 1 is 1.23 bits per heavy atom. The second-order valence-corrected chi connectivity index (χ2v) is 7.95. The fraction of sp³-hybridized carbons (Fsp3) is 0.650. The second-order valence-electron chi connectivity index (χ2n) is 7.95. The molecular weight excluding hydrogens is 442 g/mol. The molecule has 0 amide bonds. The molecule has 0 aromatic heterocycles. The van der Waals surface area contributed by atoms with Gasteiger partial charge in [0.25, 0.3) is 0 Å². The third-order valence-electron chi connectivity index (χ3n) is 6.06. The van der Waals surface area contributed by atoms with E-state index in [1.54, 1.807) is 12.1 Å². The lowest BCUT2D eigenvalue weighted by molar-refractivity contribution is 0.314. The van der Waals surface area contributed by atoms with Crippen LogP contribution in [0.1, 0.15) is 37.7 Å². The SMILES string of the molecule is CN=C(NCC1CCN(C2CC2)C1)NCC1(c2ccccc2F)CC1.I. The normalized spacial score (nSPS) is 24.8. The minimum absolute atomic E-state index is 0. The monoisotopic (exact) mass is 472 g/mol. The van der Waals surface area contributed by atoms with Crippen LogP contribution in [0, 0.1) is 11.7 Å². The van der Waals surface area contributed by atoms with Crippen LogP contribution >= 0.6 is 24.0 Å². The van der Waals surface area contributed by atoms with Gasteiger partial charge in [0.2, 0.25) is 0 Å². The van der Waals surface area contributed by atoms with E-state index in [1.165, 1.54) is 32.4 Å². The Morgan fingerprint density at radius 2 is 2.00 bits per heavy atom. The molecule has 4 rings (SSSR count). The highest BCUT2D eigenvalue weighted by Gasteiger charge is 2.45. The van der Waals surface area contributed by atoms with E-state index < -0.39 is 0 Å². The highest BCUT2D eigenvalue weighted by atomic mass is 127. The van der Waals surface area contributed by atoms with E-state index in [0.717, 1.165) is 43.5 Å². The van der Waals surface area contributed by atoms with Gasteiger partial charge < -0.3 is 15.5 Å². The zero-order valence-corrected chi connectivity index (χ0v) is 17.8. The number of hydrogen-bond acceptors (Lipinski definition) is 2. The van der Waals surface area contributed by atoms with Gasteiger partial charge in [-0.15, -0.1) is 24.0 Å². The summed E-state index contributed by atoms with van der Waals surface area (Å²) in [6.07, 6.45) is 6.14. The smallest absolute Gasteiger partial charge is 0.191 e. The number of benzene rings is 1. The predicted molar refractivity (Wildman–Crippen MR) is 115 cm³/mol. The van der Waals surface area contributed by atoms with Crippen molar-refractivity contribution in [3.05, 3.63) is 35.6 Å². The largest absolute Gasteiger partial charge is 0.356 e. The number of guanidine groups is 1. The van der Waals surface area contributed by atoms with Crippen LogP contribution in [0.4, 0.5) is 4.39 Å². The molecule has 0 radical (unpaired) electrons. The van der Waals surface area contributed by atoms with Crippen molar-refractivity contribution in [3.8, 4) is 0 Å². The van der Waals surface area contributed by atoms with Gasteiger partial charge in [0.05, 0.1) is 0 Å². The van der Waals surface area contributed by atoms with Gasteiger partial charge in [-0.25, -0.2) is 4.39 Å². The van der Waals surface area contributed by atoms with Crippen LogP contribution in [0.25, 0.3) is 0 Å². The molecule has 0 bridgehead atoms. The molecule has 3 aliphatic rings. The van der Waals surface area contributed by atoms with Crippen LogP contribution in [0.2, 0.25) is 0 Å². The van der Waals surface area contributed by atoms with Crippen molar-refractivity contribution >= 4 is 29.9 Å². The number of likely N-dealkylation sites (tertiary alicyclic amines) is 1. The Kier molecular flexibility index (Phi) is 6.43. The number of aliphatic imine (C=N–C) groups is 1. The number of rotatable bonds is 6. The molecule has 2 saturated carbocycles. The van der Waals surface area contributed by atoms with Crippen molar-refractivity contribution in [2.75, 3.05) is 33.2 Å². The van der Waals surface area contributed by atoms with E-state index in [0.29, 0.717) is 5.92 Å². The molecule has 1 aromatic carbocycles. The van der Waals surface area contributed by atoms with Gasteiger partial charge in [-0.1, -0.05) is 18.2 Å². The summed E-state index contributed by atoms with van der Waals surface area (Å²) in [6, 6.07) is 8.05. The van der Waals surface area contributed by atoms with Crippen LogP contribution in [0.15, 0.2) is 29.3 Å². The van der Waals surface area contributed by atoms with Crippen LogP contribution in [-0.4, -0.2) is 50.1 Å². The van der Waals surface area contributed by atoms with Crippen molar-refractivity contribution < 1.29 is 4.39 Å². The molecule has 1 unspecified atom stereocenters. The quantitative estimate of drug-likeness (QED) is 0.380. The lowest BCUT2D eigenvalue weighted by Crippen LogP contribution is -2.43. The summed E-state index contributed by atoms with van der Waals surface area (Å²) in [5.74, 6) is 1.46. The highest BCUT2D eigenvalue weighted by molar-refractivity contribution is 14.0. The summed E-state index contributed by atoms with van der Waals surface area (Å²) in [7, 11) is 1.81. The number of halogens is 2. The summed E-state index contributed by atoms with van der Waals surface area (Å²) in [6.45, 7) is 4.18. The van der Waals surface area contributed by atoms with E-state index in [9.17, 15) is 4.39 Å². The second kappa shape index (κ2) is 8.42. The molecule has 1 atom stereocenters. The lowest BCUT2D eigenvalue weighted by atomic mass is 9.95. The van der Waals surface area contributed by atoms with Crippen molar-refractivity contribution in [1.82, 2.24) is 15.5 Å². The zero-order chi connectivity index (χ0) is 17.3. The van der Waals surface area contributed by atoms with E-state index in [4.69, 9.17) is 0 Å². The van der Waals surface area contributed by atoms with Crippen molar-refractivity contribution in [3.63, 3.8) is 0 Å². The standard InChI is InChI=1S/C20H29FN4.HI/c1-22-19(23-12-15-8-11-25(13-15)16-6-7-16)24-14-20(9-10-20)17-4-2-3-5-18(17)21;/h2-5,15-16H,6-14H2,1H3,(H2,22,23,24);1H. The molecule has 0 spiro atoms. The highest BCUT2D eigenvalue weighted by Crippen LogP contribution is 2.48. The van der Waals surface area contributed by atoms with Gasteiger partial charge in [-0.3, -0.25) is 4.99 Å². The first-order valence-electron chi connectivity index (χ1n) is 9.64. The number of hydrogen-bond donors (Lipinski definition) is 2. The molecule has 1 saturated heterocycles. The molecule has 1 heterocycles. The molecule has 4 nitrogen and oxygen atoms in total. The van der Waals surface area contributed by atoms with Crippen LogP contribution in [-0.2, 0) is 5.41 Å². The molecule has 144 valence electrons. The average molecular weight is 472 g/mol. The van der Waals surface area contributed by atoms with Gasteiger partial charge in [0, 0.05) is 38.1 Å². The van der Waals surface area contributed by atoms with Crippen LogP contribution in [0.5, 0.6) is 0 Å². The topological polar surface area (TPSA) is 39.7 Å². The van der Waals surface area contributed by atoms with Gasteiger partial charge in [0.15, 0.2) is 5.96 Å². The third kappa shape index (κ3) is 4.50. The summed E-state index contributed by atoms with van der Waals surface area (Å²) >= 11 is 0. The van der Waals surface area contributed by atoms with Crippen molar-refractivity contribution in [2.45, 2.75) is 43.6 Å². The average Bonchev–Trinajstić information content (AvgIpc) is 3.55. The van der Waals surface area contributed by atoms with Crippen molar-refractivity contribution in [1.29, 1.82) is 0 Å². The molecule has 2 N–H and O–H groups in total. The summed E-state index contributed by atoms with van der Waals surface area (Å²) < 4.78 is 14.1. The molecular formula is C20H30FIN4. The third-order valence-corrected chi connectivity index (χ3v) is 6.06. The zero-order valence-electron chi connectivity index (χ0n) is 15.5. The van der Waals surface area contributed by atoms with Crippen LogP contribution in [0.3, 0.4) is 0 Å². The first-order chi connectivity index (χ1) is 12.2. The molecule has 1 aliphatic heterocycles. The van der Waals surface area contributed by atoms with E-state index >= 15 is 0 Å². The molecule has 6 heteroatoms. The number of nitrogens with zero attached hydrogens (tertiary/aromatic N) is 2. The maximum atomic E-state index is 14.1. The van der Waals surface area contributed by atoms with Crippen molar-refractivity contribution in [2.24, 2.45) is 10.9 Å². The Bertz CT molecular complexity index is 642. The minimum Gasteiger partial charge on any atom is -0.356 e. The first kappa shape index (κ1) is 19.9. The van der Waals surface area contributed by atoms with Gasteiger partial charge in [-0.05, 0) is 56.2 Å². The van der Waals surface area contributed by atoms with Gasteiger partial charge >= 0.3 is 0 Å². The molecule has 2 aliphatic carbocycles.